The highest BCUT2D eigenvalue weighted by Gasteiger charge is 2.27. The molecule has 0 amide bonds. The van der Waals surface area contributed by atoms with Crippen LogP contribution in [0.2, 0.25) is 5.54 Å². The average molecular weight is 170 g/mol. The highest BCUT2D eigenvalue weighted by molar-refractivity contribution is 6.12. The van der Waals surface area contributed by atoms with Crippen molar-refractivity contribution < 1.29 is 13.2 Å². The lowest BCUT2D eigenvalue weighted by molar-refractivity contribution is 0.0395. The summed E-state index contributed by atoms with van der Waals surface area (Å²) in [5.74, 6) is 0.0377. The van der Waals surface area contributed by atoms with Crippen LogP contribution in [-0.2, 0) is 0 Å². The fourth-order valence-corrected chi connectivity index (χ4v) is 0.888. The standard InChI is InChI=1S/C6H13F3Si/c1-3(2)5(10)4(7)6(8)9/h3-6H,1-2,10H3. The van der Waals surface area contributed by atoms with Crippen molar-refractivity contribution in [2.45, 2.75) is 32.0 Å². The predicted molar refractivity (Wildman–Crippen MR) is 39.4 cm³/mol. The van der Waals surface area contributed by atoms with Crippen molar-refractivity contribution in [1.29, 1.82) is 0 Å². The van der Waals surface area contributed by atoms with Crippen LogP contribution in [0.5, 0.6) is 0 Å². The van der Waals surface area contributed by atoms with Gasteiger partial charge in [-0.2, -0.15) is 0 Å². The van der Waals surface area contributed by atoms with Gasteiger partial charge in [0.2, 0.25) is 0 Å². The molecule has 10 heavy (non-hydrogen) atoms. The minimum Gasteiger partial charge on any atom is -0.241 e. The molecule has 0 radical (unpaired) electrons. The van der Waals surface area contributed by atoms with E-state index in [4.69, 9.17) is 0 Å². The Bertz CT molecular complexity index is 83.0. The van der Waals surface area contributed by atoms with Crippen LogP contribution in [0.1, 0.15) is 13.8 Å². The van der Waals surface area contributed by atoms with Crippen molar-refractivity contribution in [3.8, 4) is 0 Å². The molecular weight excluding hydrogens is 157 g/mol. The normalized spacial score (nSPS) is 18.3. The van der Waals surface area contributed by atoms with Gasteiger partial charge in [-0.05, 0) is 11.5 Å². The van der Waals surface area contributed by atoms with Crippen molar-refractivity contribution in [2.24, 2.45) is 5.92 Å². The Morgan fingerprint density at radius 3 is 1.60 bits per heavy atom. The molecule has 2 unspecified atom stereocenters. The molecule has 0 fully saturated rings. The van der Waals surface area contributed by atoms with Gasteiger partial charge in [0.15, 0.2) is 6.17 Å². The minimum atomic E-state index is -2.80. The Morgan fingerprint density at radius 2 is 1.50 bits per heavy atom. The van der Waals surface area contributed by atoms with Crippen LogP contribution in [-0.4, -0.2) is 22.8 Å². The number of hydrogen-bond acceptors (Lipinski definition) is 0. The summed E-state index contributed by atoms with van der Waals surface area (Å²) < 4.78 is 35.8. The molecule has 2 atom stereocenters. The molecule has 0 aliphatic rings. The summed E-state index contributed by atoms with van der Waals surface area (Å²) in [5, 5.41) is 0. The van der Waals surface area contributed by atoms with Crippen molar-refractivity contribution in [3.05, 3.63) is 0 Å². The van der Waals surface area contributed by atoms with Crippen molar-refractivity contribution in [1.82, 2.24) is 0 Å². The first-order chi connectivity index (χ1) is 4.46. The van der Waals surface area contributed by atoms with Gasteiger partial charge in [0.25, 0.3) is 6.43 Å². The molecule has 0 rings (SSSR count). The Morgan fingerprint density at radius 1 is 1.10 bits per heavy atom. The third-order valence-corrected chi connectivity index (χ3v) is 3.76. The highest BCUT2D eigenvalue weighted by atomic mass is 28.1. The third kappa shape index (κ3) is 2.73. The van der Waals surface area contributed by atoms with E-state index in [9.17, 15) is 13.2 Å². The fraction of sp³-hybridized carbons (Fsp3) is 1.00. The molecule has 0 aromatic carbocycles. The number of halogens is 3. The van der Waals surface area contributed by atoms with E-state index in [1.165, 1.54) is 0 Å². The Balaban J connectivity index is 3.81. The van der Waals surface area contributed by atoms with Crippen LogP contribution < -0.4 is 0 Å². The van der Waals surface area contributed by atoms with E-state index in [-0.39, 0.29) is 5.92 Å². The van der Waals surface area contributed by atoms with Crippen molar-refractivity contribution >= 4 is 10.2 Å². The second kappa shape index (κ2) is 4.01. The monoisotopic (exact) mass is 170 g/mol. The summed E-state index contributed by atoms with van der Waals surface area (Å²) in [6.45, 7) is 3.54. The van der Waals surface area contributed by atoms with Crippen LogP contribution in [0, 0.1) is 5.92 Å². The fourth-order valence-electron chi connectivity index (χ4n) is 0.597. The largest absolute Gasteiger partial charge is 0.269 e. The van der Waals surface area contributed by atoms with Crippen molar-refractivity contribution in [3.63, 3.8) is 0 Å². The molecular formula is C6H13F3Si. The van der Waals surface area contributed by atoms with E-state index in [0.717, 1.165) is 0 Å². The lowest BCUT2D eigenvalue weighted by Crippen LogP contribution is -2.22. The van der Waals surface area contributed by atoms with Gasteiger partial charge in [0, 0.05) is 10.2 Å². The van der Waals surface area contributed by atoms with Gasteiger partial charge in [-0.25, -0.2) is 13.2 Å². The summed E-state index contributed by atoms with van der Waals surface area (Å²) in [5.41, 5.74) is -0.417. The van der Waals surface area contributed by atoms with Crippen LogP contribution in [0.3, 0.4) is 0 Å². The maximum Gasteiger partial charge on any atom is 0.269 e. The number of alkyl halides is 3. The van der Waals surface area contributed by atoms with Gasteiger partial charge in [-0.1, -0.05) is 13.8 Å². The zero-order valence-electron chi connectivity index (χ0n) is 6.44. The summed E-state index contributed by atoms with van der Waals surface area (Å²) in [4.78, 5) is 0. The molecule has 0 saturated carbocycles. The van der Waals surface area contributed by atoms with Gasteiger partial charge >= 0.3 is 0 Å². The van der Waals surface area contributed by atoms with Gasteiger partial charge < -0.3 is 0 Å². The lowest BCUT2D eigenvalue weighted by atomic mass is 10.1. The lowest BCUT2D eigenvalue weighted by Gasteiger charge is -2.18. The van der Waals surface area contributed by atoms with Gasteiger partial charge in [0.05, 0.1) is 0 Å². The van der Waals surface area contributed by atoms with Crippen LogP contribution in [0.4, 0.5) is 13.2 Å². The first-order valence-electron chi connectivity index (χ1n) is 3.39. The molecule has 0 saturated heterocycles. The van der Waals surface area contributed by atoms with Crippen LogP contribution >= 0.6 is 0 Å². The summed E-state index contributed by atoms with van der Waals surface area (Å²) >= 11 is 0. The zero-order valence-corrected chi connectivity index (χ0v) is 8.44. The summed E-state index contributed by atoms with van der Waals surface area (Å²) in [6, 6.07) is 0. The SMILES string of the molecule is CC(C)C([SiH3])C(F)C(F)F. The van der Waals surface area contributed by atoms with Gasteiger partial charge in [-0.15, -0.1) is 0 Å². The molecule has 0 heterocycles. The Labute approximate surface area is 62.2 Å². The topological polar surface area (TPSA) is 0 Å². The maximum atomic E-state index is 12.5. The second-order valence-corrected chi connectivity index (χ2v) is 4.22. The highest BCUT2D eigenvalue weighted by Crippen LogP contribution is 2.25. The first kappa shape index (κ1) is 10.0. The molecule has 0 nitrogen and oxygen atoms in total. The van der Waals surface area contributed by atoms with Crippen LogP contribution in [0.25, 0.3) is 0 Å². The number of rotatable bonds is 3. The Kier molecular flexibility index (Phi) is 4.01. The Hall–Kier alpha value is 0.00688. The van der Waals surface area contributed by atoms with E-state index in [2.05, 4.69) is 0 Å². The molecule has 0 spiro atoms. The van der Waals surface area contributed by atoms with E-state index < -0.39 is 18.1 Å². The second-order valence-electron chi connectivity index (χ2n) is 2.88. The van der Waals surface area contributed by atoms with Crippen LogP contribution in [0.15, 0.2) is 0 Å². The summed E-state index contributed by atoms with van der Waals surface area (Å²) in [7, 11) is 0.500. The zero-order chi connectivity index (χ0) is 8.31. The molecule has 0 N–H and O–H groups in total. The molecule has 0 aromatic rings. The molecule has 0 aromatic heterocycles. The number of hydrogen-bond donors (Lipinski definition) is 0. The predicted octanol–water partition coefficient (Wildman–Crippen LogP) is 1.40. The quantitative estimate of drug-likeness (QED) is 0.562. The third-order valence-electron chi connectivity index (χ3n) is 1.79. The first-order valence-corrected chi connectivity index (χ1v) is 4.54. The smallest absolute Gasteiger partial charge is 0.241 e. The summed E-state index contributed by atoms with van der Waals surface area (Å²) in [6.07, 6.45) is -4.71. The average Bonchev–Trinajstić information content (AvgIpc) is 1.84. The van der Waals surface area contributed by atoms with E-state index in [0.29, 0.717) is 10.2 Å². The maximum absolute atomic E-state index is 12.5. The minimum absolute atomic E-state index is 0.0377. The van der Waals surface area contributed by atoms with E-state index in [1.807, 2.05) is 0 Å². The van der Waals surface area contributed by atoms with E-state index in [1.54, 1.807) is 13.8 Å². The molecule has 0 aliphatic heterocycles. The molecule has 62 valence electrons. The van der Waals surface area contributed by atoms with Crippen molar-refractivity contribution in [2.75, 3.05) is 0 Å². The van der Waals surface area contributed by atoms with Gasteiger partial charge in [-0.3, -0.25) is 0 Å². The molecule has 4 heteroatoms. The molecule has 0 bridgehead atoms. The molecule has 0 aliphatic carbocycles. The van der Waals surface area contributed by atoms with Gasteiger partial charge in [0.1, 0.15) is 0 Å². The van der Waals surface area contributed by atoms with E-state index >= 15 is 0 Å².